The smallest absolute Gasteiger partial charge is 0.129 e. The molecule has 0 amide bonds. The van der Waals surface area contributed by atoms with E-state index in [1.54, 1.807) is 13.2 Å². The molecule has 1 rings (SSSR count). The molecule has 1 unspecified atom stereocenters. The molecule has 2 heteroatoms. The third kappa shape index (κ3) is 5.77. The lowest BCUT2D eigenvalue weighted by atomic mass is 9.88. The molecule has 0 aliphatic heterocycles. The van der Waals surface area contributed by atoms with Crippen LogP contribution in [0.2, 0.25) is 0 Å². The Morgan fingerprint density at radius 1 is 1.25 bits per heavy atom. The van der Waals surface area contributed by atoms with Crippen molar-refractivity contribution in [2.75, 3.05) is 7.11 Å². The second-order valence-electron chi connectivity index (χ2n) is 4.97. The van der Waals surface area contributed by atoms with Crippen LogP contribution in [-0.4, -0.2) is 7.11 Å². The first-order valence-corrected chi connectivity index (χ1v) is 7.58. The molecular weight excluding hydrogens is 251 g/mol. The van der Waals surface area contributed by atoms with Crippen LogP contribution in [0.25, 0.3) is 5.57 Å². The lowest BCUT2D eigenvalue weighted by Gasteiger charge is -2.19. The highest BCUT2D eigenvalue weighted by atomic mass is 19.1. The zero-order valence-electron chi connectivity index (χ0n) is 13.6. The van der Waals surface area contributed by atoms with Gasteiger partial charge in [0.05, 0.1) is 7.11 Å². The predicted molar refractivity (Wildman–Crippen MR) is 86.6 cm³/mol. The maximum absolute atomic E-state index is 13.1. The van der Waals surface area contributed by atoms with Crippen LogP contribution in [0.15, 0.2) is 24.8 Å². The van der Waals surface area contributed by atoms with Gasteiger partial charge in [0.15, 0.2) is 0 Å². The van der Waals surface area contributed by atoms with Crippen LogP contribution in [0.5, 0.6) is 5.75 Å². The van der Waals surface area contributed by atoms with Crippen molar-refractivity contribution in [3.8, 4) is 5.75 Å². The molecule has 0 radical (unpaired) electrons. The van der Waals surface area contributed by atoms with Crippen LogP contribution < -0.4 is 4.74 Å². The number of allylic oxidation sites excluding steroid dienone is 1. The van der Waals surface area contributed by atoms with E-state index in [0.29, 0.717) is 11.7 Å². The van der Waals surface area contributed by atoms with E-state index in [1.165, 1.54) is 18.6 Å². The molecule has 0 heterocycles. The molecule has 20 heavy (non-hydrogen) atoms. The first kappa shape index (κ1) is 18.7. The number of rotatable bonds is 6. The summed E-state index contributed by atoms with van der Waals surface area (Å²) >= 11 is 0. The maximum Gasteiger partial charge on any atom is 0.129 e. The van der Waals surface area contributed by atoms with Crippen molar-refractivity contribution in [2.24, 2.45) is 5.92 Å². The summed E-state index contributed by atoms with van der Waals surface area (Å²) in [4.78, 5) is 0. The molecule has 1 atom stereocenters. The highest BCUT2D eigenvalue weighted by molar-refractivity contribution is 5.70. The van der Waals surface area contributed by atoms with E-state index >= 15 is 0 Å². The van der Waals surface area contributed by atoms with Crippen molar-refractivity contribution in [2.45, 2.75) is 53.4 Å². The molecule has 0 N–H and O–H groups in total. The standard InChI is InChI=1S/C15H21FO.C3H8/c1-5-7-12(6-2)11(3)14-9-8-13(16)10-15(14)17-4;1-3-2/h8-10,12H,3,5-7H2,1-2,4H3;3H2,1-2H3. The van der Waals surface area contributed by atoms with E-state index in [2.05, 4.69) is 34.3 Å². The molecule has 0 aliphatic rings. The summed E-state index contributed by atoms with van der Waals surface area (Å²) in [6, 6.07) is 4.63. The number of benzene rings is 1. The Bertz CT molecular complexity index is 398. The van der Waals surface area contributed by atoms with Gasteiger partial charge in [0.2, 0.25) is 0 Å². The largest absolute Gasteiger partial charge is 0.496 e. The molecule has 0 aromatic heterocycles. The fourth-order valence-corrected chi connectivity index (χ4v) is 2.12. The van der Waals surface area contributed by atoms with Crippen LogP contribution in [0, 0.1) is 11.7 Å². The first-order chi connectivity index (χ1) is 9.55. The molecule has 1 nitrogen and oxygen atoms in total. The quantitative estimate of drug-likeness (QED) is 0.612. The van der Waals surface area contributed by atoms with Gasteiger partial charge >= 0.3 is 0 Å². The zero-order valence-corrected chi connectivity index (χ0v) is 13.6. The molecule has 1 aromatic carbocycles. The minimum absolute atomic E-state index is 0.276. The Labute approximate surface area is 123 Å². The molecule has 0 bridgehead atoms. The third-order valence-electron chi connectivity index (χ3n) is 3.13. The van der Waals surface area contributed by atoms with Crippen molar-refractivity contribution < 1.29 is 9.13 Å². The van der Waals surface area contributed by atoms with Gasteiger partial charge in [-0.25, -0.2) is 4.39 Å². The molecule has 0 spiro atoms. The van der Waals surface area contributed by atoms with Gasteiger partial charge in [-0.1, -0.05) is 47.1 Å². The van der Waals surface area contributed by atoms with Crippen molar-refractivity contribution in [1.29, 1.82) is 0 Å². The van der Waals surface area contributed by atoms with Crippen LogP contribution >= 0.6 is 0 Å². The predicted octanol–water partition coefficient (Wildman–Crippen LogP) is 6.09. The third-order valence-corrected chi connectivity index (χ3v) is 3.13. The van der Waals surface area contributed by atoms with Gasteiger partial charge in [-0.05, 0) is 36.5 Å². The number of ether oxygens (including phenoxy) is 1. The monoisotopic (exact) mass is 280 g/mol. The van der Waals surface area contributed by atoms with E-state index in [0.717, 1.165) is 30.4 Å². The van der Waals surface area contributed by atoms with Crippen molar-refractivity contribution in [3.05, 3.63) is 36.2 Å². The average molecular weight is 280 g/mol. The van der Waals surface area contributed by atoms with E-state index in [-0.39, 0.29) is 5.82 Å². The molecule has 0 fully saturated rings. The van der Waals surface area contributed by atoms with Crippen LogP contribution in [0.4, 0.5) is 4.39 Å². The number of methoxy groups -OCH3 is 1. The average Bonchev–Trinajstić information content (AvgIpc) is 2.44. The molecule has 0 aliphatic carbocycles. The second-order valence-corrected chi connectivity index (χ2v) is 4.97. The SMILES string of the molecule is C=C(c1ccc(F)cc1OC)C(CC)CCC.CCC. The van der Waals surface area contributed by atoms with Gasteiger partial charge < -0.3 is 4.74 Å². The van der Waals surface area contributed by atoms with Crippen LogP contribution in [0.1, 0.15) is 58.9 Å². The topological polar surface area (TPSA) is 9.23 Å². The van der Waals surface area contributed by atoms with E-state index in [9.17, 15) is 4.39 Å². The lowest BCUT2D eigenvalue weighted by Crippen LogP contribution is -2.03. The normalized spacial score (nSPS) is 11.3. The molecule has 0 saturated carbocycles. The van der Waals surface area contributed by atoms with Gasteiger partial charge in [-0.3, -0.25) is 0 Å². The fraction of sp³-hybridized carbons (Fsp3) is 0.556. The number of hydrogen-bond acceptors (Lipinski definition) is 1. The van der Waals surface area contributed by atoms with Crippen LogP contribution in [-0.2, 0) is 0 Å². The minimum Gasteiger partial charge on any atom is -0.496 e. The summed E-state index contributed by atoms with van der Waals surface area (Å²) in [6.07, 6.45) is 4.53. The molecule has 0 saturated heterocycles. The summed E-state index contributed by atoms with van der Waals surface area (Å²) in [6.45, 7) is 12.7. The Balaban J connectivity index is 0.00000110. The van der Waals surface area contributed by atoms with E-state index in [1.807, 2.05) is 0 Å². The summed E-state index contributed by atoms with van der Waals surface area (Å²) < 4.78 is 18.3. The maximum atomic E-state index is 13.1. The van der Waals surface area contributed by atoms with Crippen LogP contribution in [0.3, 0.4) is 0 Å². The highest BCUT2D eigenvalue weighted by Gasteiger charge is 2.15. The van der Waals surface area contributed by atoms with Gasteiger partial charge in [-0.2, -0.15) is 0 Å². The van der Waals surface area contributed by atoms with Gasteiger partial charge in [0.25, 0.3) is 0 Å². The van der Waals surface area contributed by atoms with E-state index in [4.69, 9.17) is 4.74 Å². The minimum atomic E-state index is -0.276. The Morgan fingerprint density at radius 2 is 1.85 bits per heavy atom. The first-order valence-electron chi connectivity index (χ1n) is 7.58. The summed E-state index contributed by atoms with van der Waals surface area (Å²) in [7, 11) is 1.56. The summed E-state index contributed by atoms with van der Waals surface area (Å²) in [5, 5.41) is 0. The van der Waals surface area contributed by atoms with Gasteiger partial charge in [0, 0.05) is 11.6 Å². The zero-order chi connectivity index (χ0) is 15.5. The fourth-order valence-electron chi connectivity index (χ4n) is 2.12. The Hall–Kier alpha value is -1.31. The summed E-state index contributed by atoms with van der Waals surface area (Å²) in [5.41, 5.74) is 1.97. The highest BCUT2D eigenvalue weighted by Crippen LogP contribution is 2.34. The number of halogens is 1. The number of hydrogen-bond donors (Lipinski definition) is 0. The van der Waals surface area contributed by atoms with Crippen molar-refractivity contribution in [1.82, 2.24) is 0 Å². The lowest BCUT2D eigenvalue weighted by molar-refractivity contribution is 0.409. The molecule has 114 valence electrons. The summed E-state index contributed by atoms with van der Waals surface area (Å²) in [5.74, 6) is 0.742. The van der Waals surface area contributed by atoms with E-state index < -0.39 is 0 Å². The molecule has 1 aromatic rings. The molecular formula is C18H29FO. The van der Waals surface area contributed by atoms with Crippen molar-refractivity contribution in [3.63, 3.8) is 0 Å². The Kier molecular flexibility index (Phi) is 9.79. The second kappa shape index (κ2) is 10.5. The Morgan fingerprint density at radius 3 is 2.30 bits per heavy atom. The van der Waals surface area contributed by atoms with Gasteiger partial charge in [-0.15, -0.1) is 0 Å². The van der Waals surface area contributed by atoms with Gasteiger partial charge in [0.1, 0.15) is 11.6 Å². The van der Waals surface area contributed by atoms with Crippen molar-refractivity contribution >= 4 is 5.57 Å².